The van der Waals surface area contributed by atoms with Crippen molar-refractivity contribution in [2.45, 2.75) is 6.42 Å². The number of carbonyl (C=O) groups excluding carboxylic acids is 2. The molecular formula is C17H16N6O2. The van der Waals surface area contributed by atoms with Crippen molar-refractivity contribution < 1.29 is 9.59 Å². The summed E-state index contributed by atoms with van der Waals surface area (Å²) in [5, 5.41) is 9.82. The molecule has 0 spiro atoms. The van der Waals surface area contributed by atoms with Gasteiger partial charge < -0.3 is 15.5 Å². The van der Waals surface area contributed by atoms with Crippen molar-refractivity contribution in [1.29, 1.82) is 0 Å². The molecule has 0 radical (unpaired) electrons. The van der Waals surface area contributed by atoms with E-state index in [2.05, 4.69) is 20.7 Å². The molecule has 1 aliphatic heterocycles. The normalized spacial score (nSPS) is 14.0. The maximum atomic E-state index is 12.6. The van der Waals surface area contributed by atoms with Crippen LogP contribution in [-0.4, -0.2) is 40.0 Å². The Kier molecular flexibility index (Phi) is 3.57. The molecule has 0 saturated carbocycles. The van der Waals surface area contributed by atoms with Crippen LogP contribution in [0.3, 0.4) is 0 Å². The van der Waals surface area contributed by atoms with E-state index in [1.54, 1.807) is 41.2 Å². The average molecular weight is 336 g/mol. The molecule has 3 aromatic rings. The SMILES string of the molecule is CN1CCC(=O)Nc2cc(C(=O)Nc3ccnc4ccnn34)ccc21. The number of rotatable bonds is 2. The van der Waals surface area contributed by atoms with Crippen molar-refractivity contribution in [1.82, 2.24) is 14.6 Å². The van der Waals surface area contributed by atoms with E-state index in [4.69, 9.17) is 0 Å². The summed E-state index contributed by atoms with van der Waals surface area (Å²) in [5.74, 6) is 0.179. The van der Waals surface area contributed by atoms with Crippen molar-refractivity contribution in [3.63, 3.8) is 0 Å². The predicted octanol–water partition coefficient (Wildman–Crippen LogP) is 1.76. The van der Waals surface area contributed by atoms with Crippen molar-refractivity contribution in [2.24, 2.45) is 0 Å². The third kappa shape index (κ3) is 2.78. The number of nitrogens with one attached hydrogen (secondary N) is 2. The summed E-state index contributed by atoms with van der Waals surface area (Å²) in [6.07, 6.45) is 3.64. The van der Waals surface area contributed by atoms with Crippen LogP contribution in [0.2, 0.25) is 0 Å². The highest BCUT2D eigenvalue weighted by Crippen LogP contribution is 2.29. The van der Waals surface area contributed by atoms with Gasteiger partial charge in [-0.25, -0.2) is 4.98 Å². The molecule has 126 valence electrons. The second kappa shape index (κ2) is 5.90. The number of benzene rings is 1. The number of anilines is 3. The van der Waals surface area contributed by atoms with E-state index in [9.17, 15) is 9.59 Å². The first kappa shape index (κ1) is 15.1. The minimum absolute atomic E-state index is 0.0597. The zero-order valence-electron chi connectivity index (χ0n) is 13.6. The van der Waals surface area contributed by atoms with E-state index in [-0.39, 0.29) is 11.8 Å². The molecule has 0 saturated heterocycles. The second-order valence-electron chi connectivity index (χ2n) is 5.84. The summed E-state index contributed by atoms with van der Waals surface area (Å²) in [6.45, 7) is 0.638. The molecule has 0 fully saturated rings. The molecule has 8 nitrogen and oxygen atoms in total. The Morgan fingerprint density at radius 3 is 3.00 bits per heavy atom. The van der Waals surface area contributed by atoms with Crippen molar-refractivity contribution >= 4 is 34.7 Å². The third-order valence-corrected chi connectivity index (χ3v) is 4.15. The van der Waals surface area contributed by atoms with Crippen LogP contribution < -0.4 is 15.5 Å². The second-order valence-corrected chi connectivity index (χ2v) is 5.84. The smallest absolute Gasteiger partial charge is 0.256 e. The Labute approximate surface area is 143 Å². The van der Waals surface area contributed by atoms with Gasteiger partial charge in [-0.05, 0) is 24.3 Å². The van der Waals surface area contributed by atoms with Crippen LogP contribution in [0.5, 0.6) is 0 Å². The fourth-order valence-electron chi connectivity index (χ4n) is 2.83. The van der Waals surface area contributed by atoms with Gasteiger partial charge >= 0.3 is 0 Å². The summed E-state index contributed by atoms with van der Waals surface area (Å²) >= 11 is 0. The number of nitrogens with zero attached hydrogens (tertiary/aromatic N) is 4. The van der Waals surface area contributed by atoms with Crippen LogP contribution in [0.4, 0.5) is 17.2 Å². The molecule has 2 aromatic heterocycles. The maximum Gasteiger partial charge on any atom is 0.256 e. The zero-order chi connectivity index (χ0) is 17.4. The van der Waals surface area contributed by atoms with Gasteiger partial charge in [-0.1, -0.05) is 0 Å². The Morgan fingerprint density at radius 2 is 2.12 bits per heavy atom. The molecule has 2 N–H and O–H groups in total. The maximum absolute atomic E-state index is 12.6. The summed E-state index contributed by atoms with van der Waals surface area (Å²) in [6, 6.07) is 8.70. The van der Waals surface area contributed by atoms with Crippen molar-refractivity contribution in [3.8, 4) is 0 Å². The van der Waals surface area contributed by atoms with Crippen LogP contribution in [0, 0.1) is 0 Å². The molecule has 0 atom stereocenters. The van der Waals surface area contributed by atoms with Crippen LogP contribution in [0.25, 0.3) is 5.65 Å². The molecular weight excluding hydrogens is 320 g/mol. The van der Waals surface area contributed by atoms with Gasteiger partial charge in [-0.15, -0.1) is 0 Å². The fourth-order valence-corrected chi connectivity index (χ4v) is 2.83. The zero-order valence-corrected chi connectivity index (χ0v) is 13.6. The molecule has 2 amide bonds. The monoisotopic (exact) mass is 336 g/mol. The van der Waals surface area contributed by atoms with Crippen LogP contribution >= 0.6 is 0 Å². The van der Waals surface area contributed by atoms with Gasteiger partial charge in [0.1, 0.15) is 5.82 Å². The highest BCUT2D eigenvalue weighted by atomic mass is 16.2. The summed E-state index contributed by atoms with van der Waals surface area (Å²) in [5.41, 5.74) is 2.62. The lowest BCUT2D eigenvalue weighted by molar-refractivity contribution is -0.115. The number of aromatic nitrogens is 3. The fraction of sp³-hybridized carbons (Fsp3) is 0.176. The molecule has 1 aromatic carbocycles. The van der Waals surface area contributed by atoms with Gasteiger partial charge in [-0.2, -0.15) is 9.61 Å². The van der Waals surface area contributed by atoms with Gasteiger partial charge in [0.25, 0.3) is 5.91 Å². The van der Waals surface area contributed by atoms with Gasteiger partial charge in [0.15, 0.2) is 5.65 Å². The Morgan fingerprint density at radius 1 is 1.24 bits per heavy atom. The standard InChI is InChI=1S/C17H16N6O2/c1-22-9-6-16(24)20-12-10-11(2-3-13(12)22)17(25)21-15-4-7-18-14-5-8-19-23(14)15/h2-5,7-8,10H,6,9H2,1H3,(H,20,24)(H,21,25). The predicted molar refractivity (Wildman–Crippen MR) is 93.9 cm³/mol. The van der Waals surface area contributed by atoms with E-state index < -0.39 is 0 Å². The number of fused-ring (bicyclic) bond motifs is 2. The number of carbonyl (C=O) groups is 2. The molecule has 25 heavy (non-hydrogen) atoms. The van der Waals surface area contributed by atoms with Crippen LogP contribution in [0.15, 0.2) is 42.7 Å². The first-order valence-corrected chi connectivity index (χ1v) is 7.87. The number of hydrogen-bond acceptors (Lipinski definition) is 5. The van der Waals surface area contributed by atoms with E-state index in [0.29, 0.717) is 35.7 Å². The van der Waals surface area contributed by atoms with E-state index >= 15 is 0 Å². The highest BCUT2D eigenvalue weighted by molar-refractivity contribution is 6.06. The third-order valence-electron chi connectivity index (χ3n) is 4.15. The lowest BCUT2D eigenvalue weighted by Gasteiger charge is -2.18. The number of amides is 2. The number of hydrogen-bond donors (Lipinski definition) is 2. The van der Waals surface area contributed by atoms with Gasteiger partial charge in [-0.3, -0.25) is 9.59 Å². The topological polar surface area (TPSA) is 91.6 Å². The van der Waals surface area contributed by atoms with E-state index in [1.807, 2.05) is 18.0 Å². The molecule has 0 unspecified atom stereocenters. The quantitative estimate of drug-likeness (QED) is 0.744. The first-order chi connectivity index (χ1) is 12.1. The average Bonchev–Trinajstić information content (AvgIpc) is 3.04. The minimum atomic E-state index is -0.285. The van der Waals surface area contributed by atoms with Crippen LogP contribution in [0.1, 0.15) is 16.8 Å². The van der Waals surface area contributed by atoms with Gasteiger partial charge in [0.05, 0.1) is 17.6 Å². The Bertz CT molecular complexity index is 980. The molecule has 8 heteroatoms. The summed E-state index contributed by atoms with van der Waals surface area (Å²) in [4.78, 5) is 30.6. The Hall–Kier alpha value is -3.42. The van der Waals surface area contributed by atoms with Gasteiger partial charge in [0, 0.05) is 37.8 Å². The Balaban J connectivity index is 1.65. The summed E-state index contributed by atoms with van der Waals surface area (Å²) in [7, 11) is 1.92. The van der Waals surface area contributed by atoms with E-state index in [0.717, 1.165) is 5.69 Å². The summed E-state index contributed by atoms with van der Waals surface area (Å²) < 4.78 is 1.55. The van der Waals surface area contributed by atoms with Crippen molar-refractivity contribution in [3.05, 3.63) is 48.3 Å². The molecule has 1 aliphatic rings. The molecule has 0 bridgehead atoms. The van der Waals surface area contributed by atoms with Gasteiger partial charge in [0.2, 0.25) is 5.91 Å². The largest absolute Gasteiger partial charge is 0.372 e. The van der Waals surface area contributed by atoms with E-state index in [1.165, 1.54) is 0 Å². The highest BCUT2D eigenvalue weighted by Gasteiger charge is 2.18. The lowest BCUT2D eigenvalue weighted by Crippen LogP contribution is -2.19. The van der Waals surface area contributed by atoms with Crippen LogP contribution in [-0.2, 0) is 4.79 Å². The minimum Gasteiger partial charge on any atom is -0.372 e. The lowest BCUT2D eigenvalue weighted by atomic mass is 10.1. The molecule has 4 rings (SSSR count). The molecule has 3 heterocycles. The first-order valence-electron chi connectivity index (χ1n) is 7.87. The van der Waals surface area contributed by atoms with Crippen molar-refractivity contribution in [2.75, 3.05) is 29.1 Å². The molecule has 0 aliphatic carbocycles.